The van der Waals surface area contributed by atoms with Crippen molar-refractivity contribution in [1.29, 1.82) is 0 Å². The summed E-state index contributed by atoms with van der Waals surface area (Å²) in [6.45, 7) is 3.63. The fourth-order valence-corrected chi connectivity index (χ4v) is 3.40. The summed E-state index contributed by atoms with van der Waals surface area (Å²) in [5.41, 5.74) is 4.46. The van der Waals surface area contributed by atoms with Crippen LogP contribution in [0.15, 0.2) is 48.2 Å². The molecule has 0 bridgehead atoms. The number of hydrogen-bond acceptors (Lipinski definition) is 4. The number of H-pyrrole nitrogens is 1. The van der Waals surface area contributed by atoms with Crippen LogP contribution in [0.3, 0.4) is 0 Å². The molecule has 1 aromatic heterocycles. The molecule has 1 unspecified atom stereocenters. The van der Waals surface area contributed by atoms with Crippen molar-refractivity contribution in [1.82, 2.24) is 4.98 Å². The van der Waals surface area contributed by atoms with Crippen LogP contribution in [0.25, 0.3) is 17.0 Å². The predicted octanol–water partition coefficient (Wildman–Crippen LogP) is 4.60. The quantitative estimate of drug-likeness (QED) is 0.472. The van der Waals surface area contributed by atoms with E-state index in [1.807, 2.05) is 30.5 Å². The van der Waals surface area contributed by atoms with E-state index in [9.17, 15) is 9.59 Å². The lowest BCUT2D eigenvalue weighted by molar-refractivity contribution is -0.132. The maximum absolute atomic E-state index is 11.8. The number of hydrogen-bond donors (Lipinski definition) is 2. The van der Waals surface area contributed by atoms with Gasteiger partial charge in [-0.1, -0.05) is 19.1 Å². The van der Waals surface area contributed by atoms with Gasteiger partial charge in [0, 0.05) is 34.2 Å². The van der Waals surface area contributed by atoms with Crippen LogP contribution in [0.2, 0.25) is 0 Å². The number of aromatic nitrogens is 1. The SMILES string of the molecule is COC(=O)c1ccc(C(C)c2c[nH]c3ccc(C=C(C)C(=O)O)cc23)c(OC)c1. The average molecular weight is 393 g/mol. The van der Waals surface area contributed by atoms with Gasteiger partial charge in [0.2, 0.25) is 0 Å². The largest absolute Gasteiger partial charge is 0.496 e. The van der Waals surface area contributed by atoms with Crippen molar-refractivity contribution in [3.63, 3.8) is 0 Å². The van der Waals surface area contributed by atoms with Crippen molar-refractivity contribution in [3.8, 4) is 5.75 Å². The van der Waals surface area contributed by atoms with E-state index in [1.54, 1.807) is 32.2 Å². The van der Waals surface area contributed by atoms with Crippen LogP contribution in [-0.4, -0.2) is 36.2 Å². The van der Waals surface area contributed by atoms with E-state index in [1.165, 1.54) is 7.11 Å². The van der Waals surface area contributed by atoms with Gasteiger partial charge in [-0.05, 0) is 48.4 Å². The van der Waals surface area contributed by atoms with E-state index in [-0.39, 0.29) is 11.5 Å². The highest BCUT2D eigenvalue weighted by atomic mass is 16.5. The number of esters is 1. The van der Waals surface area contributed by atoms with Gasteiger partial charge in [0.25, 0.3) is 0 Å². The first-order chi connectivity index (χ1) is 13.8. The highest BCUT2D eigenvalue weighted by Gasteiger charge is 2.19. The Kier molecular flexibility index (Phi) is 5.73. The molecule has 0 radical (unpaired) electrons. The van der Waals surface area contributed by atoms with Crippen LogP contribution in [0.5, 0.6) is 5.75 Å². The summed E-state index contributed by atoms with van der Waals surface area (Å²) < 4.78 is 10.3. The Morgan fingerprint density at radius 2 is 1.86 bits per heavy atom. The van der Waals surface area contributed by atoms with Gasteiger partial charge < -0.3 is 19.6 Å². The van der Waals surface area contributed by atoms with E-state index in [2.05, 4.69) is 11.9 Å². The summed E-state index contributed by atoms with van der Waals surface area (Å²) >= 11 is 0. The molecule has 3 rings (SSSR count). The number of carboxylic acids is 1. The first kappa shape index (κ1) is 20.2. The number of carbonyl (C=O) groups is 2. The molecule has 29 heavy (non-hydrogen) atoms. The van der Waals surface area contributed by atoms with E-state index < -0.39 is 11.9 Å². The van der Waals surface area contributed by atoms with Gasteiger partial charge in [0.05, 0.1) is 19.8 Å². The highest BCUT2D eigenvalue weighted by molar-refractivity contribution is 5.93. The Hall–Kier alpha value is -3.54. The maximum atomic E-state index is 11.8. The lowest BCUT2D eigenvalue weighted by atomic mass is 9.91. The summed E-state index contributed by atoms with van der Waals surface area (Å²) in [5.74, 6) is -0.777. The smallest absolute Gasteiger partial charge is 0.337 e. The minimum Gasteiger partial charge on any atom is -0.496 e. The molecule has 0 aliphatic carbocycles. The van der Waals surface area contributed by atoms with Crippen molar-refractivity contribution < 1.29 is 24.2 Å². The molecule has 6 nitrogen and oxygen atoms in total. The summed E-state index contributed by atoms with van der Waals surface area (Å²) in [7, 11) is 2.91. The molecule has 0 saturated heterocycles. The summed E-state index contributed by atoms with van der Waals surface area (Å²) in [4.78, 5) is 26.2. The minimum absolute atomic E-state index is 0.0230. The number of nitrogens with one attached hydrogen (secondary N) is 1. The molecular formula is C23H23NO5. The van der Waals surface area contributed by atoms with Crippen LogP contribution in [0.1, 0.15) is 46.8 Å². The zero-order valence-corrected chi connectivity index (χ0v) is 16.8. The molecule has 1 heterocycles. The Bertz CT molecular complexity index is 1110. The number of rotatable bonds is 6. The predicted molar refractivity (Wildman–Crippen MR) is 111 cm³/mol. The molecule has 3 aromatic rings. The molecular weight excluding hydrogens is 370 g/mol. The molecule has 2 aromatic carbocycles. The fraction of sp³-hybridized carbons (Fsp3) is 0.217. The second kappa shape index (κ2) is 8.22. The number of fused-ring (bicyclic) bond motifs is 1. The molecule has 0 aliphatic rings. The summed E-state index contributed by atoms with van der Waals surface area (Å²) in [5, 5.41) is 10.1. The molecule has 0 amide bonds. The van der Waals surface area contributed by atoms with Gasteiger partial charge in [0.1, 0.15) is 5.75 Å². The molecule has 1 atom stereocenters. The van der Waals surface area contributed by atoms with Crippen molar-refractivity contribution in [3.05, 3.63) is 70.4 Å². The zero-order valence-electron chi connectivity index (χ0n) is 16.8. The first-order valence-electron chi connectivity index (χ1n) is 9.14. The Labute approximate surface area is 168 Å². The third kappa shape index (κ3) is 4.01. The monoisotopic (exact) mass is 393 g/mol. The van der Waals surface area contributed by atoms with E-state index in [0.717, 1.165) is 27.6 Å². The zero-order chi connectivity index (χ0) is 21.1. The molecule has 0 fully saturated rings. The molecule has 150 valence electrons. The second-order valence-electron chi connectivity index (χ2n) is 6.85. The van der Waals surface area contributed by atoms with Crippen LogP contribution in [-0.2, 0) is 9.53 Å². The van der Waals surface area contributed by atoms with Gasteiger partial charge >= 0.3 is 11.9 Å². The van der Waals surface area contributed by atoms with Crippen molar-refractivity contribution in [2.45, 2.75) is 19.8 Å². The van der Waals surface area contributed by atoms with Gasteiger partial charge in [-0.2, -0.15) is 0 Å². The van der Waals surface area contributed by atoms with Gasteiger partial charge in [-0.3, -0.25) is 0 Å². The molecule has 6 heteroatoms. The van der Waals surface area contributed by atoms with Crippen molar-refractivity contribution in [2.24, 2.45) is 0 Å². The standard InChI is InChI=1S/C23H23NO5/c1-13(22(25)26)9-15-5-8-20-18(10-15)19(12-24-20)14(2)17-7-6-16(23(27)29-4)11-21(17)28-3/h5-12,14,24H,1-4H3,(H,25,26). The normalized spacial score (nSPS) is 12.6. The van der Waals surface area contributed by atoms with Gasteiger partial charge in [-0.25, -0.2) is 9.59 Å². The first-order valence-corrected chi connectivity index (χ1v) is 9.14. The number of methoxy groups -OCH3 is 2. The second-order valence-corrected chi connectivity index (χ2v) is 6.85. The average Bonchev–Trinajstić information content (AvgIpc) is 3.15. The Morgan fingerprint density at radius 1 is 1.10 bits per heavy atom. The minimum atomic E-state index is -0.941. The molecule has 0 saturated carbocycles. The third-order valence-corrected chi connectivity index (χ3v) is 5.05. The van der Waals surface area contributed by atoms with Gasteiger partial charge in [-0.15, -0.1) is 0 Å². The maximum Gasteiger partial charge on any atom is 0.337 e. The molecule has 0 spiro atoms. The van der Waals surface area contributed by atoms with Crippen molar-refractivity contribution >= 4 is 28.9 Å². The topological polar surface area (TPSA) is 88.6 Å². The number of carbonyl (C=O) groups excluding carboxylic acids is 1. The van der Waals surface area contributed by atoms with Crippen molar-refractivity contribution in [2.75, 3.05) is 14.2 Å². The van der Waals surface area contributed by atoms with E-state index >= 15 is 0 Å². The molecule has 2 N–H and O–H groups in total. The number of benzene rings is 2. The highest BCUT2D eigenvalue weighted by Crippen LogP contribution is 2.36. The molecule has 0 aliphatic heterocycles. The number of aliphatic carboxylic acids is 1. The van der Waals surface area contributed by atoms with Crippen LogP contribution in [0, 0.1) is 0 Å². The Balaban J connectivity index is 2.05. The number of aromatic amines is 1. The number of carboxylic acid groups (broad SMARTS) is 1. The van der Waals surface area contributed by atoms with E-state index in [4.69, 9.17) is 14.6 Å². The lowest BCUT2D eigenvalue weighted by Gasteiger charge is -2.16. The Morgan fingerprint density at radius 3 is 2.52 bits per heavy atom. The van der Waals surface area contributed by atoms with Crippen LogP contribution >= 0.6 is 0 Å². The van der Waals surface area contributed by atoms with Gasteiger partial charge in [0.15, 0.2) is 0 Å². The number of ether oxygens (including phenoxy) is 2. The van der Waals surface area contributed by atoms with E-state index in [0.29, 0.717) is 11.3 Å². The fourth-order valence-electron chi connectivity index (χ4n) is 3.40. The summed E-state index contributed by atoms with van der Waals surface area (Å²) in [6.07, 6.45) is 3.59. The van der Waals surface area contributed by atoms with Crippen LogP contribution < -0.4 is 4.74 Å². The lowest BCUT2D eigenvalue weighted by Crippen LogP contribution is -2.04. The summed E-state index contributed by atoms with van der Waals surface area (Å²) in [6, 6.07) is 11.1. The third-order valence-electron chi connectivity index (χ3n) is 5.05. The van der Waals surface area contributed by atoms with Crippen LogP contribution in [0.4, 0.5) is 0 Å².